The Morgan fingerprint density at radius 1 is 1.37 bits per heavy atom. The fourth-order valence-corrected chi connectivity index (χ4v) is 2.88. The maximum atomic E-state index is 12.3. The van der Waals surface area contributed by atoms with Gasteiger partial charge < -0.3 is 10.6 Å². The van der Waals surface area contributed by atoms with Crippen molar-refractivity contribution in [3.05, 3.63) is 0 Å². The molecule has 0 aromatic carbocycles. The van der Waals surface area contributed by atoms with Crippen LogP contribution >= 0.6 is 0 Å². The quantitative estimate of drug-likeness (QED) is 0.738. The van der Waals surface area contributed by atoms with Crippen molar-refractivity contribution in [2.24, 2.45) is 5.92 Å². The maximum absolute atomic E-state index is 12.3. The second-order valence-corrected chi connectivity index (χ2v) is 5.76. The van der Waals surface area contributed by atoms with E-state index in [0.29, 0.717) is 12.0 Å². The lowest BCUT2D eigenvalue weighted by Crippen LogP contribution is -2.51. The van der Waals surface area contributed by atoms with Crippen molar-refractivity contribution < 1.29 is 4.79 Å². The van der Waals surface area contributed by atoms with Crippen molar-refractivity contribution >= 4 is 5.91 Å². The number of carbonyl (C=O) groups is 1. The molecule has 1 fully saturated rings. The first-order valence-corrected chi connectivity index (χ1v) is 7.81. The van der Waals surface area contributed by atoms with E-state index in [1.54, 1.807) is 0 Å². The van der Waals surface area contributed by atoms with E-state index >= 15 is 0 Å². The topological polar surface area (TPSA) is 44.4 Å². The van der Waals surface area contributed by atoms with Gasteiger partial charge in [-0.25, -0.2) is 0 Å². The van der Waals surface area contributed by atoms with Gasteiger partial charge in [0.15, 0.2) is 0 Å². The summed E-state index contributed by atoms with van der Waals surface area (Å²) in [4.78, 5) is 14.6. The van der Waals surface area contributed by atoms with E-state index in [1.807, 2.05) is 14.0 Å². The molecule has 1 rings (SSSR count). The molecular formula is C15H31N3O. The van der Waals surface area contributed by atoms with Crippen molar-refractivity contribution in [3.8, 4) is 0 Å². The summed E-state index contributed by atoms with van der Waals surface area (Å²) in [7, 11) is 2.00. The standard InChI is InChI=1S/C15H31N3O/c1-5-14(6-2)17-15(19)12(3)18-9-7-8-13(11-18)10-16-4/h12-14,16H,5-11H2,1-4H3,(H,17,19). The van der Waals surface area contributed by atoms with Crippen molar-refractivity contribution in [1.29, 1.82) is 0 Å². The Morgan fingerprint density at radius 3 is 2.63 bits per heavy atom. The molecule has 2 unspecified atom stereocenters. The summed E-state index contributed by atoms with van der Waals surface area (Å²) in [5.74, 6) is 0.876. The van der Waals surface area contributed by atoms with E-state index in [1.165, 1.54) is 12.8 Å². The van der Waals surface area contributed by atoms with E-state index in [4.69, 9.17) is 0 Å². The van der Waals surface area contributed by atoms with Crippen molar-refractivity contribution in [1.82, 2.24) is 15.5 Å². The van der Waals surface area contributed by atoms with Gasteiger partial charge in [-0.15, -0.1) is 0 Å². The molecule has 0 aromatic rings. The minimum Gasteiger partial charge on any atom is -0.352 e. The number of rotatable bonds is 7. The summed E-state index contributed by atoms with van der Waals surface area (Å²) in [5, 5.41) is 6.41. The number of piperidine rings is 1. The molecule has 0 spiro atoms. The zero-order valence-electron chi connectivity index (χ0n) is 13.0. The van der Waals surface area contributed by atoms with Crippen LogP contribution in [0.5, 0.6) is 0 Å². The molecule has 0 aromatic heterocycles. The summed E-state index contributed by atoms with van der Waals surface area (Å²) >= 11 is 0. The number of nitrogens with zero attached hydrogens (tertiary/aromatic N) is 1. The fraction of sp³-hybridized carbons (Fsp3) is 0.933. The minimum atomic E-state index is 0.000237. The zero-order chi connectivity index (χ0) is 14.3. The van der Waals surface area contributed by atoms with Crippen LogP contribution in [0.4, 0.5) is 0 Å². The first-order valence-electron chi connectivity index (χ1n) is 7.81. The Hall–Kier alpha value is -0.610. The van der Waals surface area contributed by atoms with Gasteiger partial charge in [-0.05, 0) is 58.7 Å². The van der Waals surface area contributed by atoms with Gasteiger partial charge in [0.05, 0.1) is 6.04 Å². The highest BCUT2D eigenvalue weighted by Gasteiger charge is 2.27. The van der Waals surface area contributed by atoms with Crippen molar-refractivity contribution in [3.63, 3.8) is 0 Å². The number of nitrogens with one attached hydrogen (secondary N) is 2. The average molecular weight is 269 g/mol. The third-order valence-corrected chi connectivity index (χ3v) is 4.30. The predicted octanol–water partition coefficient (Wildman–Crippen LogP) is 1.61. The largest absolute Gasteiger partial charge is 0.352 e. The van der Waals surface area contributed by atoms with Crippen LogP contribution in [0.15, 0.2) is 0 Å². The van der Waals surface area contributed by atoms with Gasteiger partial charge in [-0.1, -0.05) is 13.8 Å². The molecule has 19 heavy (non-hydrogen) atoms. The molecule has 1 aliphatic heterocycles. The van der Waals surface area contributed by atoms with Gasteiger partial charge in [0, 0.05) is 12.6 Å². The smallest absolute Gasteiger partial charge is 0.237 e. The summed E-state index contributed by atoms with van der Waals surface area (Å²) in [6.45, 7) is 9.44. The van der Waals surface area contributed by atoms with Crippen LogP contribution in [0.3, 0.4) is 0 Å². The molecule has 1 amide bonds. The number of amides is 1. The Labute approximate surface area is 118 Å². The van der Waals surface area contributed by atoms with Crippen LogP contribution in [0.2, 0.25) is 0 Å². The molecule has 1 aliphatic rings. The highest BCUT2D eigenvalue weighted by molar-refractivity contribution is 5.81. The van der Waals surface area contributed by atoms with Crippen LogP contribution < -0.4 is 10.6 Å². The second-order valence-electron chi connectivity index (χ2n) is 5.76. The Bertz CT molecular complexity index is 264. The average Bonchev–Trinajstić information content (AvgIpc) is 2.44. The normalized spacial score (nSPS) is 22.5. The van der Waals surface area contributed by atoms with Crippen molar-refractivity contribution in [2.45, 2.75) is 58.5 Å². The van der Waals surface area contributed by atoms with Gasteiger partial charge in [0.1, 0.15) is 0 Å². The third-order valence-electron chi connectivity index (χ3n) is 4.30. The SMILES string of the molecule is CCC(CC)NC(=O)C(C)N1CCCC(CNC)C1. The van der Waals surface area contributed by atoms with E-state index in [9.17, 15) is 4.79 Å². The second kappa shape index (κ2) is 8.54. The molecule has 4 heteroatoms. The molecule has 2 N–H and O–H groups in total. The molecule has 112 valence electrons. The van der Waals surface area contributed by atoms with E-state index in [-0.39, 0.29) is 11.9 Å². The maximum Gasteiger partial charge on any atom is 0.237 e. The molecule has 0 aliphatic carbocycles. The first kappa shape index (κ1) is 16.4. The molecule has 0 radical (unpaired) electrons. The van der Waals surface area contributed by atoms with Crippen LogP contribution in [0.1, 0.15) is 46.5 Å². The van der Waals surface area contributed by atoms with Crippen LogP contribution in [0.25, 0.3) is 0 Å². The number of carbonyl (C=O) groups excluding carboxylic acids is 1. The van der Waals surface area contributed by atoms with Gasteiger partial charge in [0.25, 0.3) is 0 Å². The number of hydrogen-bond donors (Lipinski definition) is 2. The molecule has 2 atom stereocenters. The van der Waals surface area contributed by atoms with E-state index in [0.717, 1.165) is 32.5 Å². The van der Waals surface area contributed by atoms with Gasteiger partial charge in [-0.3, -0.25) is 9.69 Å². The molecular weight excluding hydrogens is 238 g/mol. The Kier molecular flexibility index (Phi) is 7.39. The zero-order valence-corrected chi connectivity index (χ0v) is 13.0. The molecule has 0 bridgehead atoms. The number of likely N-dealkylation sites (tertiary alicyclic amines) is 1. The fourth-order valence-electron chi connectivity index (χ4n) is 2.88. The van der Waals surface area contributed by atoms with Gasteiger partial charge in [-0.2, -0.15) is 0 Å². The monoisotopic (exact) mass is 269 g/mol. The van der Waals surface area contributed by atoms with Gasteiger partial charge in [0.2, 0.25) is 5.91 Å². The Morgan fingerprint density at radius 2 is 2.05 bits per heavy atom. The molecule has 1 saturated heterocycles. The summed E-state index contributed by atoms with van der Waals surface area (Å²) in [6, 6.07) is 0.327. The first-order chi connectivity index (χ1) is 9.12. The third kappa shape index (κ3) is 5.11. The van der Waals surface area contributed by atoms with Gasteiger partial charge >= 0.3 is 0 Å². The summed E-state index contributed by atoms with van der Waals surface area (Å²) < 4.78 is 0. The molecule has 4 nitrogen and oxygen atoms in total. The lowest BCUT2D eigenvalue weighted by Gasteiger charge is -2.36. The highest BCUT2D eigenvalue weighted by Crippen LogP contribution is 2.18. The van der Waals surface area contributed by atoms with E-state index in [2.05, 4.69) is 29.4 Å². The molecule has 0 saturated carbocycles. The minimum absolute atomic E-state index is 0.000237. The molecule has 1 heterocycles. The Balaban J connectivity index is 2.46. The van der Waals surface area contributed by atoms with Crippen LogP contribution in [-0.2, 0) is 4.79 Å². The van der Waals surface area contributed by atoms with Crippen LogP contribution in [0, 0.1) is 5.92 Å². The lowest BCUT2D eigenvalue weighted by molar-refractivity contribution is -0.127. The highest BCUT2D eigenvalue weighted by atomic mass is 16.2. The van der Waals surface area contributed by atoms with E-state index < -0.39 is 0 Å². The van der Waals surface area contributed by atoms with Crippen molar-refractivity contribution in [2.75, 3.05) is 26.7 Å². The lowest BCUT2D eigenvalue weighted by atomic mass is 9.96. The summed E-state index contributed by atoms with van der Waals surface area (Å²) in [6.07, 6.45) is 4.50. The van der Waals surface area contributed by atoms with Crippen LogP contribution in [-0.4, -0.2) is 49.6 Å². The predicted molar refractivity (Wildman–Crippen MR) is 80.2 cm³/mol. The number of hydrogen-bond acceptors (Lipinski definition) is 3. The summed E-state index contributed by atoms with van der Waals surface area (Å²) in [5.41, 5.74) is 0.